The number of rotatable bonds is 4. The summed E-state index contributed by atoms with van der Waals surface area (Å²) < 4.78 is 0. The summed E-state index contributed by atoms with van der Waals surface area (Å²) in [4.78, 5) is 2.21. The van der Waals surface area contributed by atoms with Crippen LogP contribution in [0.25, 0.3) is 0 Å². The molecule has 96 valence electrons. The first kappa shape index (κ1) is 13.2. The Balaban J connectivity index is 2.52. The second kappa shape index (κ2) is 6.06. The average Bonchev–Trinajstić information content (AvgIpc) is 2.45. The molecular weight excluding hydrogens is 232 g/mol. The van der Waals surface area contributed by atoms with Gasteiger partial charge in [-0.1, -0.05) is 37.3 Å². The molecule has 0 radical (unpaired) electrons. The highest BCUT2D eigenvalue weighted by Crippen LogP contribution is 2.29. The van der Waals surface area contributed by atoms with Crippen molar-refractivity contribution in [1.82, 2.24) is 0 Å². The van der Waals surface area contributed by atoms with Gasteiger partial charge in [-0.05, 0) is 37.1 Å². The molecule has 19 heavy (non-hydrogen) atoms. The lowest BCUT2D eigenvalue weighted by Crippen LogP contribution is -2.19. The molecule has 0 saturated carbocycles. The summed E-state index contributed by atoms with van der Waals surface area (Å²) in [5.74, 6) is 0. The lowest BCUT2D eigenvalue weighted by atomic mass is 10.1. The largest absolute Gasteiger partial charge is 0.340 e. The van der Waals surface area contributed by atoms with E-state index in [1.807, 2.05) is 43.3 Å². The van der Waals surface area contributed by atoms with Crippen LogP contribution in [0, 0.1) is 18.3 Å². The number of nitriles is 1. The van der Waals surface area contributed by atoms with Crippen molar-refractivity contribution >= 4 is 11.4 Å². The van der Waals surface area contributed by atoms with Crippen molar-refractivity contribution in [1.29, 1.82) is 5.26 Å². The van der Waals surface area contributed by atoms with E-state index >= 15 is 0 Å². The fourth-order valence-corrected chi connectivity index (χ4v) is 2.24. The Morgan fingerprint density at radius 3 is 2.42 bits per heavy atom. The molecule has 2 aromatic rings. The molecule has 0 aromatic heterocycles. The minimum atomic E-state index is 0.764. The molecule has 2 heteroatoms. The van der Waals surface area contributed by atoms with Crippen molar-refractivity contribution in [2.45, 2.75) is 20.3 Å². The molecule has 0 aliphatic carbocycles. The van der Waals surface area contributed by atoms with Crippen LogP contribution in [-0.4, -0.2) is 6.54 Å². The highest BCUT2D eigenvalue weighted by Gasteiger charge is 2.13. The van der Waals surface area contributed by atoms with Crippen molar-refractivity contribution in [3.05, 3.63) is 59.7 Å². The Bertz CT molecular complexity index is 582. The standard InChI is InChI=1S/C17H18N2/c1-3-12-19(15-9-5-4-6-10-15)17-11-7-8-14(2)16(17)13-18/h4-11H,3,12H2,1-2H3. The molecular formula is C17H18N2. The summed E-state index contributed by atoms with van der Waals surface area (Å²) in [6.07, 6.45) is 1.04. The smallest absolute Gasteiger partial charge is 0.102 e. The van der Waals surface area contributed by atoms with E-state index in [0.29, 0.717) is 0 Å². The number of aryl methyl sites for hydroxylation is 1. The molecule has 2 aromatic carbocycles. The molecule has 0 N–H and O–H groups in total. The van der Waals surface area contributed by atoms with Crippen LogP contribution in [0.4, 0.5) is 11.4 Å². The number of hydrogen-bond donors (Lipinski definition) is 0. The van der Waals surface area contributed by atoms with Gasteiger partial charge in [0.2, 0.25) is 0 Å². The molecule has 0 atom stereocenters. The normalized spacial score (nSPS) is 9.95. The maximum Gasteiger partial charge on any atom is 0.102 e. The lowest BCUT2D eigenvalue weighted by Gasteiger charge is -2.26. The Kier molecular flexibility index (Phi) is 4.20. The minimum Gasteiger partial charge on any atom is -0.340 e. The fourth-order valence-electron chi connectivity index (χ4n) is 2.24. The number of benzene rings is 2. The van der Waals surface area contributed by atoms with Gasteiger partial charge in [-0.15, -0.1) is 0 Å². The highest BCUT2D eigenvalue weighted by molar-refractivity contribution is 5.70. The second-order valence-corrected chi connectivity index (χ2v) is 4.57. The number of anilines is 2. The Morgan fingerprint density at radius 2 is 1.79 bits per heavy atom. The molecule has 0 aliphatic rings. The van der Waals surface area contributed by atoms with Crippen LogP contribution in [0.3, 0.4) is 0 Å². The van der Waals surface area contributed by atoms with Crippen molar-refractivity contribution < 1.29 is 0 Å². The first-order valence-corrected chi connectivity index (χ1v) is 6.60. The van der Waals surface area contributed by atoms with E-state index in [2.05, 4.69) is 30.0 Å². The van der Waals surface area contributed by atoms with Gasteiger partial charge in [0.25, 0.3) is 0 Å². The molecule has 0 heterocycles. The summed E-state index contributed by atoms with van der Waals surface area (Å²) in [7, 11) is 0. The molecule has 0 amide bonds. The molecule has 0 fully saturated rings. The maximum absolute atomic E-state index is 9.39. The van der Waals surface area contributed by atoms with Crippen molar-refractivity contribution in [2.24, 2.45) is 0 Å². The van der Waals surface area contributed by atoms with Crippen molar-refractivity contribution in [3.63, 3.8) is 0 Å². The van der Waals surface area contributed by atoms with E-state index < -0.39 is 0 Å². The molecule has 0 saturated heterocycles. The maximum atomic E-state index is 9.39. The van der Waals surface area contributed by atoms with Crippen molar-refractivity contribution in [2.75, 3.05) is 11.4 Å². The number of para-hydroxylation sites is 1. The Morgan fingerprint density at radius 1 is 1.05 bits per heavy atom. The lowest BCUT2D eigenvalue weighted by molar-refractivity contribution is 0.884. The predicted octanol–water partition coefficient (Wildman–Crippen LogP) is 4.41. The monoisotopic (exact) mass is 250 g/mol. The Labute approximate surface area is 114 Å². The van der Waals surface area contributed by atoms with E-state index in [0.717, 1.165) is 35.5 Å². The summed E-state index contributed by atoms with van der Waals surface area (Å²) in [6, 6.07) is 18.6. The zero-order valence-electron chi connectivity index (χ0n) is 11.4. The molecule has 0 aliphatic heterocycles. The molecule has 0 bridgehead atoms. The molecule has 2 nitrogen and oxygen atoms in total. The average molecular weight is 250 g/mol. The van der Waals surface area contributed by atoms with Crippen molar-refractivity contribution in [3.8, 4) is 6.07 Å². The molecule has 0 unspecified atom stereocenters. The van der Waals surface area contributed by atoms with Crippen LogP contribution >= 0.6 is 0 Å². The van der Waals surface area contributed by atoms with Crippen LogP contribution in [0.5, 0.6) is 0 Å². The van der Waals surface area contributed by atoms with Crippen LogP contribution in [0.1, 0.15) is 24.5 Å². The quantitative estimate of drug-likeness (QED) is 0.803. The third kappa shape index (κ3) is 2.77. The third-order valence-electron chi connectivity index (χ3n) is 3.17. The first-order valence-electron chi connectivity index (χ1n) is 6.60. The van der Waals surface area contributed by atoms with E-state index in [-0.39, 0.29) is 0 Å². The molecule has 0 spiro atoms. The topological polar surface area (TPSA) is 27.0 Å². The second-order valence-electron chi connectivity index (χ2n) is 4.57. The zero-order valence-corrected chi connectivity index (χ0v) is 11.4. The Hall–Kier alpha value is -2.27. The van der Waals surface area contributed by atoms with E-state index in [1.54, 1.807) is 0 Å². The summed E-state index contributed by atoms with van der Waals surface area (Å²) in [6.45, 7) is 5.04. The zero-order chi connectivity index (χ0) is 13.7. The van der Waals surface area contributed by atoms with E-state index in [9.17, 15) is 5.26 Å². The highest BCUT2D eigenvalue weighted by atomic mass is 15.1. The minimum absolute atomic E-state index is 0.764. The van der Waals surface area contributed by atoms with E-state index in [1.165, 1.54) is 0 Å². The van der Waals surface area contributed by atoms with Gasteiger partial charge in [0.05, 0.1) is 11.3 Å². The summed E-state index contributed by atoms with van der Waals surface area (Å²) in [5.41, 5.74) is 3.92. The van der Waals surface area contributed by atoms with Crippen LogP contribution in [0.15, 0.2) is 48.5 Å². The van der Waals surface area contributed by atoms with Gasteiger partial charge in [-0.2, -0.15) is 5.26 Å². The van der Waals surface area contributed by atoms with Gasteiger partial charge in [-0.25, -0.2) is 0 Å². The molecule has 2 rings (SSSR count). The van der Waals surface area contributed by atoms with Crippen LogP contribution in [0.2, 0.25) is 0 Å². The van der Waals surface area contributed by atoms with Gasteiger partial charge in [0.15, 0.2) is 0 Å². The van der Waals surface area contributed by atoms with Gasteiger partial charge >= 0.3 is 0 Å². The SMILES string of the molecule is CCCN(c1ccccc1)c1cccc(C)c1C#N. The summed E-state index contributed by atoms with van der Waals surface area (Å²) in [5, 5.41) is 9.39. The van der Waals surface area contributed by atoms with Gasteiger partial charge in [-0.3, -0.25) is 0 Å². The summed E-state index contributed by atoms with van der Waals surface area (Å²) >= 11 is 0. The number of hydrogen-bond acceptors (Lipinski definition) is 2. The van der Waals surface area contributed by atoms with Crippen LogP contribution < -0.4 is 4.90 Å². The van der Waals surface area contributed by atoms with Gasteiger partial charge in [0, 0.05) is 12.2 Å². The third-order valence-corrected chi connectivity index (χ3v) is 3.17. The number of nitrogens with zero attached hydrogens (tertiary/aromatic N) is 2. The van der Waals surface area contributed by atoms with Gasteiger partial charge < -0.3 is 4.90 Å². The first-order chi connectivity index (χ1) is 9.27. The fraction of sp³-hybridized carbons (Fsp3) is 0.235. The van der Waals surface area contributed by atoms with Crippen LogP contribution in [-0.2, 0) is 0 Å². The van der Waals surface area contributed by atoms with Gasteiger partial charge in [0.1, 0.15) is 6.07 Å². The predicted molar refractivity (Wildman–Crippen MR) is 79.6 cm³/mol. The van der Waals surface area contributed by atoms with E-state index in [4.69, 9.17) is 0 Å².